The first-order valence-electron chi connectivity index (χ1n) is 4.70. The number of nitrogens with zero attached hydrogens (tertiary/aromatic N) is 4. The standard InChI is InChI=1S/C10H12N4S/c1-5-6(2)9(13-12-7(5)3)10-11-8(4)14-15-10/h1-4H3. The summed E-state index contributed by atoms with van der Waals surface area (Å²) in [6.07, 6.45) is 0. The van der Waals surface area contributed by atoms with E-state index in [9.17, 15) is 0 Å². The lowest BCUT2D eigenvalue weighted by Gasteiger charge is -2.05. The van der Waals surface area contributed by atoms with Crippen molar-refractivity contribution in [3.05, 3.63) is 22.6 Å². The molecule has 0 aliphatic carbocycles. The molecule has 0 bridgehead atoms. The normalized spacial score (nSPS) is 10.7. The molecule has 15 heavy (non-hydrogen) atoms. The van der Waals surface area contributed by atoms with Crippen LogP contribution in [0.15, 0.2) is 0 Å². The fraction of sp³-hybridized carbons (Fsp3) is 0.400. The van der Waals surface area contributed by atoms with Gasteiger partial charge in [0.15, 0.2) is 5.01 Å². The lowest BCUT2D eigenvalue weighted by atomic mass is 10.1. The second kappa shape index (κ2) is 3.66. The highest BCUT2D eigenvalue weighted by molar-refractivity contribution is 7.09. The lowest BCUT2D eigenvalue weighted by Crippen LogP contribution is -1.98. The highest BCUT2D eigenvalue weighted by atomic mass is 32.1. The van der Waals surface area contributed by atoms with Gasteiger partial charge in [0.1, 0.15) is 11.5 Å². The van der Waals surface area contributed by atoms with Crippen molar-refractivity contribution in [3.8, 4) is 10.7 Å². The Bertz CT molecular complexity index is 504. The van der Waals surface area contributed by atoms with Gasteiger partial charge in [0.25, 0.3) is 0 Å². The first-order chi connectivity index (χ1) is 7.09. The van der Waals surface area contributed by atoms with Crippen LogP contribution < -0.4 is 0 Å². The molecule has 0 saturated heterocycles. The van der Waals surface area contributed by atoms with Gasteiger partial charge in [0, 0.05) is 0 Å². The van der Waals surface area contributed by atoms with Gasteiger partial charge in [-0.1, -0.05) is 0 Å². The van der Waals surface area contributed by atoms with E-state index in [1.54, 1.807) is 0 Å². The average Bonchev–Trinajstić information content (AvgIpc) is 2.61. The van der Waals surface area contributed by atoms with Gasteiger partial charge >= 0.3 is 0 Å². The van der Waals surface area contributed by atoms with E-state index in [0.29, 0.717) is 0 Å². The molecule has 0 N–H and O–H groups in total. The smallest absolute Gasteiger partial charge is 0.164 e. The molecule has 0 aromatic carbocycles. The maximum absolute atomic E-state index is 4.32. The minimum absolute atomic E-state index is 0.787. The highest BCUT2D eigenvalue weighted by Gasteiger charge is 2.12. The van der Waals surface area contributed by atoms with E-state index in [1.807, 2.05) is 20.8 Å². The first-order valence-corrected chi connectivity index (χ1v) is 5.48. The van der Waals surface area contributed by atoms with Crippen molar-refractivity contribution < 1.29 is 0 Å². The number of rotatable bonds is 1. The molecule has 4 nitrogen and oxygen atoms in total. The fourth-order valence-corrected chi connectivity index (χ4v) is 2.03. The van der Waals surface area contributed by atoms with Crippen LogP contribution in [0.4, 0.5) is 0 Å². The van der Waals surface area contributed by atoms with Crippen LogP contribution >= 0.6 is 11.5 Å². The lowest BCUT2D eigenvalue weighted by molar-refractivity contribution is 0.948. The molecule has 0 unspecified atom stereocenters. The summed E-state index contributed by atoms with van der Waals surface area (Å²) >= 11 is 1.37. The van der Waals surface area contributed by atoms with Crippen LogP contribution in [-0.2, 0) is 0 Å². The molecule has 0 saturated carbocycles. The molecule has 2 aromatic heterocycles. The van der Waals surface area contributed by atoms with E-state index in [4.69, 9.17) is 0 Å². The Morgan fingerprint density at radius 2 is 1.67 bits per heavy atom. The van der Waals surface area contributed by atoms with Crippen LogP contribution in [-0.4, -0.2) is 19.6 Å². The van der Waals surface area contributed by atoms with Gasteiger partial charge in [-0.2, -0.15) is 9.47 Å². The third-order valence-electron chi connectivity index (χ3n) is 2.49. The van der Waals surface area contributed by atoms with E-state index >= 15 is 0 Å². The van der Waals surface area contributed by atoms with Crippen LogP contribution in [0.25, 0.3) is 10.7 Å². The van der Waals surface area contributed by atoms with Crippen LogP contribution in [0.3, 0.4) is 0 Å². The summed E-state index contributed by atoms with van der Waals surface area (Å²) in [7, 11) is 0. The molecule has 0 aliphatic heterocycles. The SMILES string of the molecule is Cc1nsc(-c2nnc(C)c(C)c2C)n1. The quantitative estimate of drug-likeness (QED) is 0.739. The average molecular weight is 220 g/mol. The second-order valence-corrected chi connectivity index (χ2v) is 4.28. The predicted molar refractivity (Wildman–Crippen MR) is 59.9 cm³/mol. The van der Waals surface area contributed by atoms with Gasteiger partial charge in [0.2, 0.25) is 0 Å². The van der Waals surface area contributed by atoms with Crippen LogP contribution in [0.1, 0.15) is 22.6 Å². The minimum Gasteiger partial charge on any atom is -0.218 e. The largest absolute Gasteiger partial charge is 0.218 e. The van der Waals surface area contributed by atoms with Gasteiger partial charge in [-0.25, -0.2) is 4.98 Å². The van der Waals surface area contributed by atoms with Gasteiger partial charge in [0.05, 0.1) is 5.69 Å². The van der Waals surface area contributed by atoms with Crippen LogP contribution in [0.5, 0.6) is 0 Å². The van der Waals surface area contributed by atoms with Crippen LogP contribution in [0, 0.1) is 27.7 Å². The van der Waals surface area contributed by atoms with Crippen LogP contribution in [0.2, 0.25) is 0 Å². The molecule has 0 spiro atoms. The third kappa shape index (κ3) is 1.74. The van der Waals surface area contributed by atoms with Gasteiger partial charge in [-0.3, -0.25) is 0 Å². The Balaban J connectivity index is 2.59. The molecule has 78 valence electrons. The molecular formula is C10H12N4S. The van der Waals surface area contributed by atoms with Crippen molar-refractivity contribution in [1.29, 1.82) is 0 Å². The van der Waals surface area contributed by atoms with Crippen molar-refractivity contribution in [2.24, 2.45) is 0 Å². The number of hydrogen-bond donors (Lipinski definition) is 0. The Morgan fingerprint density at radius 1 is 0.933 bits per heavy atom. The van der Waals surface area contributed by atoms with E-state index in [1.165, 1.54) is 17.1 Å². The number of aromatic nitrogens is 4. The van der Waals surface area contributed by atoms with Gasteiger partial charge < -0.3 is 0 Å². The summed E-state index contributed by atoms with van der Waals surface area (Å²) in [5, 5.41) is 9.14. The third-order valence-corrected chi connectivity index (χ3v) is 3.30. The van der Waals surface area contributed by atoms with E-state index in [-0.39, 0.29) is 0 Å². The van der Waals surface area contributed by atoms with Crippen molar-refractivity contribution in [1.82, 2.24) is 19.6 Å². The number of aryl methyl sites for hydroxylation is 2. The first kappa shape index (κ1) is 10.2. The molecule has 0 fully saturated rings. The van der Waals surface area contributed by atoms with Crippen molar-refractivity contribution in [2.45, 2.75) is 27.7 Å². The molecule has 0 aliphatic rings. The summed E-state index contributed by atoms with van der Waals surface area (Å²) in [5.41, 5.74) is 4.13. The Hall–Kier alpha value is -1.36. The zero-order valence-electron chi connectivity index (χ0n) is 9.20. The predicted octanol–water partition coefficient (Wildman–Crippen LogP) is 2.23. The molecule has 0 atom stereocenters. The zero-order chi connectivity index (χ0) is 11.0. The van der Waals surface area contributed by atoms with E-state index in [2.05, 4.69) is 26.5 Å². The van der Waals surface area contributed by atoms with Gasteiger partial charge in [-0.05, 0) is 50.4 Å². The zero-order valence-corrected chi connectivity index (χ0v) is 10.0. The Labute approximate surface area is 92.6 Å². The van der Waals surface area contributed by atoms with Crippen molar-refractivity contribution in [2.75, 3.05) is 0 Å². The molecular weight excluding hydrogens is 208 g/mol. The topological polar surface area (TPSA) is 51.6 Å². The summed E-state index contributed by atoms with van der Waals surface area (Å²) in [6.45, 7) is 7.94. The monoisotopic (exact) mass is 220 g/mol. The van der Waals surface area contributed by atoms with E-state index < -0.39 is 0 Å². The van der Waals surface area contributed by atoms with Gasteiger partial charge in [-0.15, -0.1) is 5.10 Å². The molecule has 2 aromatic rings. The highest BCUT2D eigenvalue weighted by Crippen LogP contribution is 2.24. The van der Waals surface area contributed by atoms with E-state index in [0.717, 1.165) is 27.8 Å². The summed E-state index contributed by atoms with van der Waals surface area (Å²) < 4.78 is 4.15. The molecule has 0 radical (unpaired) electrons. The Morgan fingerprint density at radius 3 is 2.27 bits per heavy atom. The maximum Gasteiger partial charge on any atom is 0.164 e. The fourth-order valence-electron chi connectivity index (χ4n) is 1.32. The number of hydrogen-bond acceptors (Lipinski definition) is 5. The summed E-state index contributed by atoms with van der Waals surface area (Å²) in [6, 6.07) is 0. The second-order valence-electron chi connectivity index (χ2n) is 3.53. The molecule has 5 heteroatoms. The summed E-state index contributed by atoms with van der Waals surface area (Å²) in [4.78, 5) is 4.32. The summed E-state index contributed by atoms with van der Waals surface area (Å²) in [5.74, 6) is 0.787. The maximum atomic E-state index is 4.32. The van der Waals surface area contributed by atoms with Crippen molar-refractivity contribution >= 4 is 11.5 Å². The molecule has 2 heterocycles. The minimum atomic E-state index is 0.787. The molecule has 0 amide bonds. The Kier molecular flexibility index (Phi) is 2.48. The van der Waals surface area contributed by atoms with Crippen molar-refractivity contribution in [3.63, 3.8) is 0 Å². The molecule has 2 rings (SSSR count).